The monoisotopic (exact) mass is 338 g/mol. The number of anilines is 2. The van der Waals surface area contributed by atoms with Gasteiger partial charge in [-0.2, -0.15) is 0 Å². The fraction of sp³-hybridized carbons (Fsp3) is 0.333. The number of hydrogen-bond acceptors (Lipinski definition) is 2. The van der Waals surface area contributed by atoms with E-state index in [-0.39, 0.29) is 23.1 Å². The number of carbonyl (C=O) groups excluding carboxylic acids is 2. The molecule has 0 aliphatic heterocycles. The Bertz CT molecular complexity index is 756. The van der Waals surface area contributed by atoms with E-state index in [9.17, 15) is 9.59 Å². The molecule has 2 amide bonds. The van der Waals surface area contributed by atoms with E-state index < -0.39 is 0 Å². The van der Waals surface area contributed by atoms with Crippen LogP contribution in [-0.4, -0.2) is 11.8 Å². The van der Waals surface area contributed by atoms with Crippen molar-refractivity contribution >= 4 is 23.2 Å². The van der Waals surface area contributed by atoms with Crippen molar-refractivity contribution in [2.24, 2.45) is 5.92 Å². The molecule has 2 aromatic rings. The van der Waals surface area contributed by atoms with Gasteiger partial charge in [0.05, 0.1) is 0 Å². The van der Waals surface area contributed by atoms with Crippen molar-refractivity contribution in [2.45, 2.75) is 40.0 Å². The summed E-state index contributed by atoms with van der Waals surface area (Å²) < 4.78 is 0. The summed E-state index contributed by atoms with van der Waals surface area (Å²) in [6, 6.07) is 14.7. The molecular formula is C21H26N2O2. The van der Waals surface area contributed by atoms with Gasteiger partial charge in [0.25, 0.3) is 5.91 Å². The highest BCUT2D eigenvalue weighted by Gasteiger charge is 2.19. The van der Waals surface area contributed by atoms with Gasteiger partial charge in [0.15, 0.2) is 0 Å². The Morgan fingerprint density at radius 1 is 0.880 bits per heavy atom. The molecule has 0 bridgehead atoms. The summed E-state index contributed by atoms with van der Waals surface area (Å²) >= 11 is 0. The zero-order chi connectivity index (χ0) is 18.6. The van der Waals surface area contributed by atoms with Crippen molar-refractivity contribution in [1.82, 2.24) is 0 Å². The third-order valence-electron chi connectivity index (χ3n) is 3.92. The minimum atomic E-state index is -0.168. The van der Waals surface area contributed by atoms with Crippen molar-refractivity contribution in [3.05, 3.63) is 59.7 Å². The molecule has 0 fully saturated rings. The molecule has 25 heavy (non-hydrogen) atoms. The van der Waals surface area contributed by atoms with Crippen molar-refractivity contribution in [3.8, 4) is 0 Å². The molecule has 0 saturated heterocycles. The zero-order valence-electron chi connectivity index (χ0n) is 15.5. The molecule has 132 valence electrons. The van der Waals surface area contributed by atoms with Gasteiger partial charge in [0.2, 0.25) is 5.91 Å². The summed E-state index contributed by atoms with van der Waals surface area (Å²) in [5, 5.41) is 5.80. The molecule has 0 aromatic heterocycles. The molecule has 0 unspecified atom stereocenters. The molecule has 0 heterocycles. The normalized spacial score (nSPS) is 11.3. The second-order valence-electron chi connectivity index (χ2n) is 7.47. The smallest absolute Gasteiger partial charge is 0.255 e. The van der Waals surface area contributed by atoms with E-state index in [0.29, 0.717) is 11.3 Å². The van der Waals surface area contributed by atoms with Gasteiger partial charge in [0.1, 0.15) is 0 Å². The van der Waals surface area contributed by atoms with Crippen LogP contribution in [0.3, 0.4) is 0 Å². The molecule has 2 N–H and O–H groups in total. The van der Waals surface area contributed by atoms with Gasteiger partial charge >= 0.3 is 0 Å². The molecule has 2 aromatic carbocycles. The van der Waals surface area contributed by atoms with E-state index in [1.165, 1.54) is 0 Å². The standard InChI is InChI=1S/C21H26N2O2/c1-14(2)19(24)22-16-12-10-15(11-13-16)20(25)23-18-9-7-6-8-17(18)21(3,4)5/h6-14H,1-5H3,(H,22,24)(H,23,25). The van der Waals surface area contributed by atoms with E-state index >= 15 is 0 Å². The number of nitrogens with one attached hydrogen (secondary N) is 2. The van der Waals surface area contributed by atoms with Crippen LogP contribution in [-0.2, 0) is 10.2 Å². The van der Waals surface area contributed by atoms with Crippen molar-refractivity contribution in [2.75, 3.05) is 10.6 Å². The van der Waals surface area contributed by atoms with Crippen LogP contribution in [0.15, 0.2) is 48.5 Å². The van der Waals surface area contributed by atoms with Crippen LogP contribution < -0.4 is 10.6 Å². The topological polar surface area (TPSA) is 58.2 Å². The van der Waals surface area contributed by atoms with Crippen molar-refractivity contribution in [1.29, 1.82) is 0 Å². The minimum Gasteiger partial charge on any atom is -0.326 e. The maximum absolute atomic E-state index is 12.5. The molecular weight excluding hydrogens is 312 g/mol. The van der Waals surface area contributed by atoms with Gasteiger partial charge < -0.3 is 10.6 Å². The van der Waals surface area contributed by atoms with E-state index in [1.54, 1.807) is 24.3 Å². The molecule has 0 radical (unpaired) electrons. The molecule has 0 aliphatic carbocycles. The van der Waals surface area contributed by atoms with Crippen LogP contribution in [0, 0.1) is 5.92 Å². The lowest BCUT2D eigenvalue weighted by Crippen LogP contribution is -2.19. The van der Waals surface area contributed by atoms with Crippen LogP contribution in [0.1, 0.15) is 50.5 Å². The number of carbonyl (C=O) groups is 2. The van der Waals surface area contributed by atoms with Crippen LogP contribution >= 0.6 is 0 Å². The van der Waals surface area contributed by atoms with Crippen LogP contribution in [0.5, 0.6) is 0 Å². The van der Waals surface area contributed by atoms with Gasteiger partial charge in [-0.3, -0.25) is 9.59 Å². The van der Waals surface area contributed by atoms with Gasteiger partial charge in [-0.1, -0.05) is 52.8 Å². The fourth-order valence-corrected chi connectivity index (χ4v) is 2.43. The average Bonchev–Trinajstić information content (AvgIpc) is 2.54. The zero-order valence-corrected chi connectivity index (χ0v) is 15.5. The third-order valence-corrected chi connectivity index (χ3v) is 3.92. The third kappa shape index (κ3) is 4.92. The Labute approximate surface area is 149 Å². The summed E-state index contributed by atoms with van der Waals surface area (Å²) in [5.74, 6) is -0.299. The Hall–Kier alpha value is -2.62. The Morgan fingerprint density at radius 2 is 1.48 bits per heavy atom. The largest absolute Gasteiger partial charge is 0.326 e. The van der Waals surface area contributed by atoms with E-state index in [2.05, 4.69) is 31.4 Å². The quantitative estimate of drug-likeness (QED) is 0.839. The highest BCUT2D eigenvalue weighted by atomic mass is 16.2. The van der Waals surface area contributed by atoms with E-state index in [1.807, 2.05) is 38.1 Å². The van der Waals surface area contributed by atoms with E-state index in [4.69, 9.17) is 0 Å². The lowest BCUT2D eigenvalue weighted by Gasteiger charge is -2.23. The maximum atomic E-state index is 12.5. The van der Waals surface area contributed by atoms with Crippen LogP contribution in [0.2, 0.25) is 0 Å². The fourth-order valence-electron chi connectivity index (χ4n) is 2.43. The average molecular weight is 338 g/mol. The second kappa shape index (κ2) is 7.51. The van der Waals surface area contributed by atoms with Crippen LogP contribution in [0.25, 0.3) is 0 Å². The lowest BCUT2D eigenvalue weighted by atomic mass is 9.86. The Morgan fingerprint density at radius 3 is 2.04 bits per heavy atom. The Balaban J connectivity index is 2.13. The first-order valence-electron chi connectivity index (χ1n) is 8.50. The number of hydrogen-bond donors (Lipinski definition) is 2. The van der Waals surface area contributed by atoms with Gasteiger partial charge in [-0.15, -0.1) is 0 Å². The number of para-hydroxylation sites is 1. The molecule has 2 rings (SSSR count). The van der Waals surface area contributed by atoms with Crippen molar-refractivity contribution in [3.63, 3.8) is 0 Å². The summed E-state index contributed by atoms with van der Waals surface area (Å²) in [6.45, 7) is 10.0. The predicted molar refractivity (Wildman–Crippen MR) is 103 cm³/mol. The predicted octanol–water partition coefficient (Wildman–Crippen LogP) is 4.83. The minimum absolute atomic E-state index is 0.0451. The number of amides is 2. The molecule has 0 saturated carbocycles. The van der Waals surface area contributed by atoms with Gasteiger partial charge in [0, 0.05) is 22.9 Å². The molecule has 0 aliphatic rings. The lowest BCUT2D eigenvalue weighted by molar-refractivity contribution is -0.118. The summed E-state index contributed by atoms with van der Waals surface area (Å²) in [6.07, 6.45) is 0. The van der Waals surface area contributed by atoms with E-state index in [0.717, 1.165) is 11.3 Å². The highest BCUT2D eigenvalue weighted by Crippen LogP contribution is 2.29. The first-order chi connectivity index (χ1) is 11.7. The number of rotatable bonds is 4. The summed E-state index contributed by atoms with van der Waals surface area (Å²) in [5.41, 5.74) is 3.08. The molecule has 4 nitrogen and oxygen atoms in total. The SMILES string of the molecule is CC(C)C(=O)Nc1ccc(C(=O)Nc2ccccc2C(C)(C)C)cc1. The molecule has 0 spiro atoms. The second-order valence-corrected chi connectivity index (χ2v) is 7.47. The highest BCUT2D eigenvalue weighted by molar-refractivity contribution is 6.05. The van der Waals surface area contributed by atoms with Crippen molar-refractivity contribution < 1.29 is 9.59 Å². The van der Waals surface area contributed by atoms with Gasteiger partial charge in [-0.05, 0) is 41.3 Å². The number of benzene rings is 2. The van der Waals surface area contributed by atoms with Gasteiger partial charge in [-0.25, -0.2) is 0 Å². The molecule has 4 heteroatoms. The first-order valence-corrected chi connectivity index (χ1v) is 8.50. The maximum Gasteiger partial charge on any atom is 0.255 e. The molecule has 0 atom stereocenters. The Kier molecular flexibility index (Phi) is 5.62. The summed E-state index contributed by atoms with van der Waals surface area (Å²) in [4.78, 5) is 24.2. The summed E-state index contributed by atoms with van der Waals surface area (Å²) in [7, 11) is 0. The van der Waals surface area contributed by atoms with Crippen LogP contribution in [0.4, 0.5) is 11.4 Å². The first kappa shape index (κ1) is 18.7.